The third kappa shape index (κ3) is 8.34. The monoisotopic (exact) mass is 306 g/mol. The number of nitrogens with two attached hydrogens (primary N) is 2. The van der Waals surface area contributed by atoms with E-state index < -0.39 is 8.80 Å². The van der Waals surface area contributed by atoms with Crippen LogP contribution in [-0.4, -0.2) is 39.7 Å². The van der Waals surface area contributed by atoms with Crippen molar-refractivity contribution in [1.82, 2.24) is 0 Å². The molecule has 6 heteroatoms. The van der Waals surface area contributed by atoms with Crippen molar-refractivity contribution in [2.45, 2.75) is 78.2 Å². The third-order valence-electron chi connectivity index (χ3n) is 2.70. The quantitative estimate of drug-likeness (QED) is 0.572. The molecule has 0 rings (SSSR count). The number of hydrogen-bond donors (Lipinski definition) is 2. The van der Waals surface area contributed by atoms with Crippen molar-refractivity contribution in [1.29, 1.82) is 0 Å². The smallest absolute Gasteiger partial charge is 0.371 e. The summed E-state index contributed by atoms with van der Waals surface area (Å²) in [6.45, 7) is 13.3. The average molecular weight is 307 g/mol. The van der Waals surface area contributed by atoms with E-state index in [2.05, 4.69) is 0 Å². The Morgan fingerprint density at radius 2 is 1.45 bits per heavy atom. The summed E-state index contributed by atoms with van der Waals surface area (Å²) in [6, 6.07) is 0.744. The maximum atomic E-state index is 6.35. The van der Waals surface area contributed by atoms with Crippen molar-refractivity contribution < 1.29 is 13.3 Å². The molecule has 5 nitrogen and oxygen atoms in total. The van der Waals surface area contributed by atoms with Crippen molar-refractivity contribution >= 4 is 8.80 Å². The first-order chi connectivity index (χ1) is 9.16. The van der Waals surface area contributed by atoms with E-state index in [9.17, 15) is 0 Å². The van der Waals surface area contributed by atoms with E-state index in [4.69, 9.17) is 24.7 Å². The molecule has 0 bridgehead atoms. The Labute approximate surface area is 125 Å². The van der Waals surface area contributed by atoms with Gasteiger partial charge in [0, 0.05) is 18.3 Å². The Hall–Kier alpha value is 0.0169. The first-order valence-corrected chi connectivity index (χ1v) is 9.55. The van der Waals surface area contributed by atoms with E-state index in [1.807, 2.05) is 41.5 Å². The van der Waals surface area contributed by atoms with Crippen LogP contribution in [0.25, 0.3) is 0 Å². The Morgan fingerprint density at radius 3 is 1.80 bits per heavy atom. The maximum absolute atomic E-state index is 6.35. The highest BCUT2D eigenvalue weighted by Gasteiger charge is 2.46. The summed E-state index contributed by atoms with van der Waals surface area (Å²) in [7, 11) is -2.75. The van der Waals surface area contributed by atoms with Crippen LogP contribution in [0.4, 0.5) is 0 Å². The van der Waals surface area contributed by atoms with Crippen LogP contribution < -0.4 is 11.5 Å². The Morgan fingerprint density at radius 1 is 0.950 bits per heavy atom. The van der Waals surface area contributed by atoms with Crippen molar-refractivity contribution in [3.63, 3.8) is 0 Å². The molecule has 0 radical (unpaired) electrons. The van der Waals surface area contributed by atoms with Crippen molar-refractivity contribution in [3.05, 3.63) is 0 Å². The van der Waals surface area contributed by atoms with Gasteiger partial charge in [0.1, 0.15) is 0 Å². The summed E-state index contributed by atoms with van der Waals surface area (Å²) in [5, 5.41) is 0. The van der Waals surface area contributed by atoms with Crippen LogP contribution in [0.15, 0.2) is 0 Å². The maximum Gasteiger partial charge on any atom is 0.501 e. The van der Waals surface area contributed by atoms with Crippen LogP contribution in [0.5, 0.6) is 0 Å². The third-order valence-corrected chi connectivity index (χ3v) is 6.19. The summed E-state index contributed by atoms with van der Waals surface area (Å²) in [6.07, 6.45) is 1.73. The lowest BCUT2D eigenvalue weighted by atomic mass is 10.1. The average Bonchev–Trinajstić information content (AvgIpc) is 2.23. The van der Waals surface area contributed by atoms with Gasteiger partial charge in [-0.1, -0.05) is 0 Å². The van der Waals surface area contributed by atoms with Crippen LogP contribution >= 0.6 is 0 Å². The second kappa shape index (κ2) is 9.12. The first kappa shape index (κ1) is 20.0. The van der Waals surface area contributed by atoms with Gasteiger partial charge >= 0.3 is 8.80 Å². The molecule has 0 heterocycles. The van der Waals surface area contributed by atoms with E-state index >= 15 is 0 Å². The Balaban J connectivity index is 5.12. The van der Waals surface area contributed by atoms with E-state index in [1.54, 1.807) is 0 Å². The Kier molecular flexibility index (Phi) is 9.13. The predicted octanol–water partition coefficient (Wildman–Crippen LogP) is 2.27. The highest BCUT2D eigenvalue weighted by molar-refractivity contribution is 6.60. The molecule has 20 heavy (non-hydrogen) atoms. The molecular weight excluding hydrogens is 272 g/mol. The molecule has 0 aliphatic rings. The molecule has 0 atom stereocenters. The van der Waals surface area contributed by atoms with E-state index in [0.29, 0.717) is 13.1 Å². The standard InChI is InChI=1S/C14H34N2O3Si/c1-12(2)17-20(11-7-9-15,18-13(3)4)19-14(5,6)8-10-16/h12-13H,7-11,15-16H2,1-6H3. The van der Waals surface area contributed by atoms with Gasteiger partial charge in [-0.3, -0.25) is 0 Å². The minimum Gasteiger partial charge on any atom is -0.371 e. The fourth-order valence-corrected chi connectivity index (χ4v) is 5.61. The van der Waals surface area contributed by atoms with Crippen molar-refractivity contribution in [2.24, 2.45) is 11.5 Å². The molecule has 0 amide bonds. The van der Waals surface area contributed by atoms with Crippen LogP contribution in [0.1, 0.15) is 54.4 Å². The molecule has 0 saturated carbocycles. The van der Waals surface area contributed by atoms with Crippen molar-refractivity contribution in [3.8, 4) is 0 Å². The summed E-state index contributed by atoms with van der Waals surface area (Å²) in [5.41, 5.74) is 11.0. The molecule has 122 valence electrons. The van der Waals surface area contributed by atoms with Crippen LogP contribution in [0.2, 0.25) is 6.04 Å². The fourth-order valence-electron chi connectivity index (χ4n) is 2.10. The van der Waals surface area contributed by atoms with Gasteiger partial charge in [-0.2, -0.15) is 0 Å². The molecule has 0 unspecified atom stereocenters. The van der Waals surface area contributed by atoms with E-state index in [1.165, 1.54) is 0 Å². The largest absolute Gasteiger partial charge is 0.501 e. The first-order valence-electron chi connectivity index (χ1n) is 7.62. The molecular formula is C14H34N2O3Si. The van der Waals surface area contributed by atoms with Gasteiger partial charge in [-0.25, -0.2) is 0 Å². The van der Waals surface area contributed by atoms with E-state index in [-0.39, 0.29) is 17.8 Å². The van der Waals surface area contributed by atoms with Gasteiger partial charge in [0.2, 0.25) is 0 Å². The van der Waals surface area contributed by atoms with Gasteiger partial charge < -0.3 is 24.7 Å². The normalized spacial score (nSPS) is 13.5. The van der Waals surface area contributed by atoms with Crippen molar-refractivity contribution in [2.75, 3.05) is 13.1 Å². The highest BCUT2D eigenvalue weighted by Crippen LogP contribution is 2.28. The molecule has 0 aliphatic carbocycles. The Bertz CT molecular complexity index is 251. The van der Waals surface area contributed by atoms with Gasteiger partial charge in [-0.15, -0.1) is 0 Å². The fraction of sp³-hybridized carbons (Fsp3) is 1.00. The summed E-state index contributed by atoms with van der Waals surface area (Å²) in [5.74, 6) is 0. The van der Waals surface area contributed by atoms with Crippen LogP contribution in [-0.2, 0) is 13.3 Å². The lowest BCUT2D eigenvalue weighted by Gasteiger charge is -2.39. The van der Waals surface area contributed by atoms with Gasteiger partial charge in [0.15, 0.2) is 0 Å². The minimum atomic E-state index is -2.75. The molecule has 0 aromatic rings. The molecule has 4 N–H and O–H groups in total. The molecule has 0 fully saturated rings. The van der Waals surface area contributed by atoms with Crippen LogP contribution in [0.3, 0.4) is 0 Å². The molecule has 0 aliphatic heterocycles. The van der Waals surface area contributed by atoms with Gasteiger partial charge in [-0.05, 0) is 67.5 Å². The predicted molar refractivity (Wildman–Crippen MR) is 85.5 cm³/mol. The number of hydrogen-bond acceptors (Lipinski definition) is 5. The zero-order valence-corrected chi connectivity index (χ0v) is 15.1. The second-order valence-corrected chi connectivity index (χ2v) is 8.85. The summed E-state index contributed by atoms with van der Waals surface area (Å²) in [4.78, 5) is 0. The molecule has 0 spiro atoms. The minimum absolute atomic E-state index is 0.0619. The lowest BCUT2D eigenvalue weighted by Crippen LogP contribution is -2.54. The number of rotatable bonds is 11. The van der Waals surface area contributed by atoms with Gasteiger partial charge in [0.05, 0.1) is 5.60 Å². The zero-order valence-electron chi connectivity index (χ0n) is 14.1. The second-order valence-electron chi connectivity index (χ2n) is 6.31. The lowest BCUT2D eigenvalue weighted by molar-refractivity contribution is -0.0393. The zero-order chi connectivity index (χ0) is 15.8. The van der Waals surface area contributed by atoms with Crippen LogP contribution in [0, 0.1) is 0 Å². The molecule has 0 aromatic heterocycles. The van der Waals surface area contributed by atoms with Gasteiger partial charge in [0.25, 0.3) is 0 Å². The summed E-state index contributed by atoms with van der Waals surface area (Å²) < 4.78 is 18.6. The molecule has 0 saturated heterocycles. The SMILES string of the molecule is CC(C)O[Si](CCCN)(OC(C)C)OC(C)(C)CCN. The highest BCUT2D eigenvalue weighted by atomic mass is 28.4. The molecule has 0 aromatic carbocycles. The van der Waals surface area contributed by atoms with E-state index in [0.717, 1.165) is 18.9 Å². The topological polar surface area (TPSA) is 79.7 Å². The summed E-state index contributed by atoms with van der Waals surface area (Å²) >= 11 is 0.